The van der Waals surface area contributed by atoms with Gasteiger partial charge in [-0.1, -0.05) is 30.3 Å². The molecule has 0 unspecified atom stereocenters. The Balaban J connectivity index is 1.38. The van der Waals surface area contributed by atoms with Crippen molar-refractivity contribution in [3.63, 3.8) is 0 Å². The lowest BCUT2D eigenvalue weighted by Crippen LogP contribution is -2.45. The Hall–Kier alpha value is -2.22. The Morgan fingerprint density at radius 3 is 2.43 bits per heavy atom. The van der Waals surface area contributed by atoms with Crippen LogP contribution in [0.15, 0.2) is 60.0 Å². The summed E-state index contributed by atoms with van der Waals surface area (Å²) in [7, 11) is -3.46. The van der Waals surface area contributed by atoms with Crippen LogP contribution in [0.1, 0.15) is 18.4 Å². The van der Waals surface area contributed by atoms with Crippen LogP contribution >= 0.6 is 0 Å². The topological polar surface area (TPSA) is 58.6 Å². The Morgan fingerprint density at radius 1 is 1.07 bits per heavy atom. The van der Waals surface area contributed by atoms with Crippen molar-refractivity contribution in [2.75, 3.05) is 26.2 Å². The number of likely N-dealkylation sites (tertiary alicyclic amines) is 1. The number of hydrogen-bond donors (Lipinski definition) is 1. The highest BCUT2D eigenvalue weighted by Crippen LogP contribution is 2.14. The number of ether oxygens (including phenoxy) is 1. The van der Waals surface area contributed by atoms with Crippen molar-refractivity contribution >= 4 is 16.1 Å². The summed E-state index contributed by atoms with van der Waals surface area (Å²) >= 11 is 0. The van der Waals surface area contributed by atoms with Crippen LogP contribution in [0.25, 0.3) is 6.08 Å². The fraction of sp³-hybridized carbons (Fsp3) is 0.333. The van der Waals surface area contributed by atoms with Gasteiger partial charge in [-0.15, -0.1) is 0 Å². The molecule has 2 aromatic rings. The van der Waals surface area contributed by atoms with Gasteiger partial charge in [0, 0.05) is 18.0 Å². The van der Waals surface area contributed by atoms with E-state index in [2.05, 4.69) is 9.62 Å². The van der Waals surface area contributed by atoms with Gasteiger partial charge in [0.2, 0.25) is 10.0 Å². The summed E-state index contributed by atoms with van der Waals surface area (Å²) in [6.45, 7) is 2.89. The van der Waals surface area contributed by atoms with Crippen LogP contribution in [0.4, 0.5) is 4.39 Å². The molecule has 1 saturated heterocycles. The molecule has 7 heteroatoms. The number of rotatable bonds is 8. The largest absolute Gasteiger partial charge is 0.492 e. The molecule has 0 radical (unpaired) electrons. The van der Waals surface area contributed by atoms with Crippen molar-refractivity contribution in [2.24, 2.45) is 0 Å². The molecule has 1 fully saturated rings. The highest BCUT2D eigenvalue weighted by molar-refractivity contribution is 7.92. The quantitative estimate of drug-likeness (QED) is 0.734. The van der Waals surface area contributed by atoms with Gasteiger partial charge in [0.1, 0.15) is 18.2 Å². The molecule has 1 aliphatic heterocycles. The van der Waals surface area contributed by atoms with Gasteiger partial charge >= 0.3 is 0 Å². The van der Waals surface area contributed by atoms with Gasteiger partial charge in [0.15, 0.2) is 0 Å². The third-order valence-corrected chi connectivity index (χ3v) is 5.80. The van der Waals surface area contributed by atoms with Gasteiger partial charge in [0.05, 0.1) is 0 Å². The van der Waals surface area contributed by atoms with Crippen LogP contribution in [0.5, 0.6) is 5.75 Å². The molecule has 0 aromatic heterocycles. The highest BCUT2D eigenvalue weighted by atomic mass is 32.2. The summed E-state index contributed by atoms with van der Waals surface area (Å²) in [4.78, 5) is 2.24. The number of benzene rings is 2. The first kappa shape index (κ1) is 20.5. The minimum Gasteiger partial charge on any atom is -0.492 e. The smallest absolute Gasteiger partial charge is 0.233 e. The van der Waals surface area contributed by atoms with Gasteiger partial charge in [-0.3, -0.25) is 4.90 Å². The summed E-state index contributed by atoms with van der Waals surface area (Å²) in [5, 5.41) is 1.23. The number of sulfonamides is 1. The Kier molecular flexibility index (Phi) is 7.19. The maximum absolute atomic E-state index is 12.9. The molecule has 1 N–H and O–H groups in total. The Labute approximate surface area is 165 Å². The van der Waals surface area contributed by atoms with E-state index in [0.717, 1.165) is 38.0 Å². The van der Waals surface area contributed by atoms with Crippen LogP contribution in [0.2, 0.25) is 0 Å². The highest BCUT2D eigenvalue weighted by Gasteiger charge is 2.22. The number of nitrogens with zero attached hydrogens (tertiary/aromatic N) is 1. The van der Waals surface area contributed by atoms with E-state index >= 15 is 0 Å². The number of piperidine rings is 1. The van der Waals surface area contributed by atoms with Gasteiger partial charge in [-0.2, -0.15) is 0 Å². The van der Waals surface area contributed by atoms with E-state index in [1.807, 2.05) is 30.3 Å². The SMILES string of the molecule is O=S(=O)(/C=C/c1ccccc1)NC1CCN(CCOc2ccc(F)cc2)CC1. The molecule has 0 aliphatic carbocycles. The fourth-order valence-corrected chi connectivity index (χ4v) is 4.22. The minimum absolute atomic E-state index is 0.0558. The van der Waals surface area contributed by atoms with Crippen molar-refractivity contribution in [1.82, 2.24) is 9.62 Å². The lowest BCUT2D eigenvalue weighted by atomic mass is 10.1. The standard InChI is InChI=1S/C21H25FN2O3S/c22-19-6-8-21(9-7-19)27-16-15-24-13-10-20(11-14-24)23-28(25,26)17-12-18-4-2-1-3-5-18/h1-9,12,17,20,23H,10-11,13-16H2/b17-12+. The second-order valence-electron chi connectivity index (χ2n) is 6.79. The summed E-state index contributed by atoms with van der Waals surface area (Å²) in [6, 6.07) is 15.3. The molecule has 5 nitrogen and oxygen atoms in total. The van der Waals surface area contributed by atoms with E-state index < -0.39 is 10.0 Å². The average molecular weight is 405 g/mol. The molecule has 0 atom stereocenters. The van der Waals surface area contributed by atoms with Gasteiger partial charge in [-0.25, -0.2) is 17.5 Å². The zero-order chi connectivity index (χ0) is 19.8. The first-order valence-electron chi connectivity index (χ1n) is 9.36. The van der Waals surface area contributed by atoms with E-state index in [4.69, 9.17) is 4.74 Å². The maximum atomic E-state index is 12.9. The maximum Gasteiger partial charge on any atom is 0.233 e. The lowest BCUT2D eigenvalue weighted by molar-refractivity contribution is 0.170. The summed E-state index contributed by atoms with van der Waals surface area (Å²) < 4.78 is 45.7. The van der Waals surface area contributed by atoms with Crippen molar-refractivity contribution in [3.8, 4) is 5.75 Å². The number of hydrogen-bond acceptors (Lipinski definition) is 4. The van der Waals surface area contributed by atoms with Crippen molar-refractivity contribution in [3.05, 3.63) is 71.4 Å². The number of nitrogens with one attached hydrogen (secondary N) is 1. The van der Waals surface area contributed by atoms with E-state index in [1.54, 1.807) is 18.2 Å². The third-order valence-electron chi connectivity index (χ3n) is 4.65. The normalized spacial score (nSPS) is 16.5. The van der Waals surface area contributed by atoms with E-state index in [1.165, 1.54) is 17.5 Å². The molecule has 0 bridgehead atoms. The van der Waals surface area contributed by atoms with E-state index in [9.17, 15) is 12.8 Å². The van der Waals surface area contributed by atoms with Crippen LogP contribution in [-0.4, -0.2) is 45.6 Å². The van der Waals surface area contributed by atoms with Gasteiger partial charge < -0.3 is 4.74 Å². The molecule has 0 saturated carbocycles. The molecule has 2 aromatic carbocycles. The van der Waals surface area contributed by atoms with E-state index in [-0.39, 0.29) is 11.9 Å². The zero-order valence-electron chi connectivity index (χ0n) is 15.6. The van der Waals surface area contributed by atoms with Crippen LogP contribution < -0.4 is 9.46 Å². The molecule has 0 spiro atoms. The molecule has 150 valence electrons. The third kappa shape index (κ3) is 6.74. The number of halogens is 1. The second kappa shape index (κ2) is 9.82. The van der Waals surface area contributed by atoms with Crippen molar-refractivity contribution < 1.29 is 17.5 Å². The van der Waals surface area contributed by atoms with E-state index in [0.29, 0.717) is 12.4 Å². The summed E-state index contributed by atoms with van der Waals surface area (Å²) in [5.41, 5.74) is 0.851. The Morgan fingerprint density at radius 2 is 1.75 bits per heavy atom. The summed E-state index contributed by atoms with van der Waals surface area (Å²) in [5.74, 6) is 0.365. The monoisotopic (exact) mass is 404 g/mol. The van der Waals surface area contributed by atoms with Gasteiger partial charge in [-0.05, 0) is 61.8 Å². The molecule has 1 aliphatic rings. The predicted octanol–water partition coefficient (Wildman–Crippen LogP) is 3.26. The van der Waals surface area contributed by atoms with Crippen molar-refractivity contribution in [1.29, 1.82) is 0 Å². The van der Waals surface area contributed by atoms with Crippen LogP contribution in [0, 0.1) is 5.82 Å². The predicted molar refractivity (Wildman–Crippen MR) is 109 cm³/mol. The molecule has 28 heavy (non-hydrogen) atoms. The first-order chi connectivity index (χ1) is 13.5. The second-order valence-corrected chi connectivity index (χ2v) is 8.39. The van der Waals surface area contributed by atoms with Crippen LogP contribution in [-0.2, 0) is 10.0 Å². The zero-order valence-corrected chi connectivity index (χ0v) is 16.4. The van der Waals surface area contributed by atoms with Gasteiger partial charge in [0.25, 0.3) is 0 Å². The lowest BCUT2D eigenvalue weighted by Gasteiger charge is -2.31. The molecule has 1 heterocycles. The Bertz CT molecular complexity index is 862. The fourth-order valence-electron chi connectivity index (χ4n) is 3.10. The molecular formula is C21H25FN2O3S. The molecular weight excluding hydrogens is 379 g/mol. The molecule has 3 rings (SSSR count). The van der Waals surface area contributed by atoms with Crippen molar-refractivity contribution in [2.45, 2.75) is 18.9 Å². The minimum atomic E-state index is -3.46. The molecule has 0 amide bonds. The summed E-state index contributed by atoms with van der Waals surface area (Å²) in [6.07, 6.45) is 3.12. The van der Waals surface area contributed by atoms with Crippen LogP contribution in [0.3, 0.4) is 0 Å². The first-order valence-corrected chi connectivity index (χ1v) is 10.9. The average Bonchev–Trinajstić information content (AvgIpc) is 2.70.